The van der Waals surface area contributed by atoms with Crippen LogP contribution in [-0.4, -0.2) is 24.9 Å². The summed E-state index contributed by atoms with van der Waals surface area (Å²) in [4.78, 5) is 11.1. The van der Waals surface area contributed by atoms with E-state index in [1.807, 2.05) is 0 Å². The summed E-state index contributed by atoms with van der Waals surface area (Å²) in [6, 6.07) is 9.55. The minimum Gasteiger partial charge on any atom is -0.268 e. The molecule has 0 atom stereocenters. The van der Waals surface area contributed by atoms with Gasteiger partial charge in [-0.1, -0.05) is 18.2 Å². The first-order valence-corrected chi connectivity index (χ1v) is 7.38. The van der Waals surface area contributed by atoms with Gasteiger partial charge in [0.05, 0.1) is 10.6 Å². The Morgan fingerprint density at radius 3 is 2.58 bits per heavy atom. The molecule has 0 unspecified atom stereocenters. The summed E-state index contributed by atoms with van der Waals surface area (Å²) < 4.78 is 22.8. The lowest BCUT2D eigenvalue weighted by molar-refractivity contribution is 0.602. The van der Waals surface area contributed by atoms with Crippen molar-refractivity contribution in [3.05, 3.63) is 58.0 Å². The molecule has 6 heteroatoms. The van der Waals surface area contributed by atoms with Gasteiger partial charge in [0.2, 0.25) is 0 Å². The molecule has 0 bridgehead atoms. The van der Waals surface area contributed by atoms with Gasteiger partial charge >= 0.3 is 0 Å². The van der Waals surface area contributed by atoms with Crippen LogP contribution in [0.1, 0.15) is 11.3 Å². The molecule has 0 saturated heterocycles. The van der Waals surface area contributed by atoms with E-state index >= 15 is 0 Å². The van der Waals surface area contributed by atoms with E-state index in [4.69, 9.17) is 0 Å². The quantitative estimate of drug-likeness (QED) is 0.917. The van der Waals surface area contributed by atoms with Crippen LogP contribution in [0, 0.1) is 0 Å². The second kappa shape index (κ2) is 5.19. The molecule has 5 nitrogen and oxygen atoms in total. The molecule has 1 aromatic heterocycles. The third kappa shape index (κ3) is 3.62. The Kier molecular flexibility index (Phi) is 3.62. The fourth-order valence-electron chi connectivity index (χ4n) is 1.48. The SMILES string of the molecule is CS(=O)(=O)c1cccc(/C=C/c2ccc(=O)[nH]n2)c1. The number of H-pyrrole nitrogens is 1. The number of hydrogen-bond donors (Lipinski definition) is 1. The molecule has 0 aliphatic heterocycles. The standard InChI is InChI=1S/C13H12N2O3S/c1-19(17,18)12-4-2-3-10(9-12)5-6-11-7-8-13(16)15-14-11/h2-9H,1H3,(H,15,16)/b6-5+. The first kappa shape index (κ1) is 13.2. The van der Waals surface area contributed by atoms with Gasteiger partial charge in [-0.05, 0) is 29.8 Å². The van der Waals surface area contributed by atoms with Crippen LogP contribution in [0.2, 0.25) is 0 Å². The lowest BCUT2D eigenvalue weighted by atomic mass is 10.2. The minimum atomic E-state index is -3.21. The van der Waals surface area contributed by atoms with Crippen molar-refractivity contribution < 1.29 is 8.42 Å². The number of hydrogen-bond acceptors (Lipinski definition) is 4. The lowest BCUT2D eigenvalue weighted by Gasteiger charge is -1.99. The summed E-state index contributed by atoms with van der Waals surface area (Å²) in [5, 5.41) is 6.14. The molecule has 0 aliphatic carbocycles. The number of rotatable bonds is 3. The molecule has 0 radical (unpaired) electrons. The highest BCUT2D eigenvalue weighted by molar-refractivity contribution is 7.90. The van der Waals surface area contributed by atoms with Crippen molar-refractivity contribution in [3.63, 3.8) is 0 Å². The van der Waals surface area contributed by atoms with Gasteiger partial charge in [0.25, 0.3) is 5.56 Å². The fourth-order valence-corrected chi connectivity index (χ4v) is 2.15. The molecular formula is C13H12N2O3S. The Bertz CT molecular complexity index is 756. The van der Waals surface area contributed by atoms with Crippen LogP contribution in [-0.2, 0) is 9.84 Å². The van der Waals surface area contributed by atoms with E-state index in [2.05, 4.69) is 10.2 Å². The van der Waals surface area contributed by atoms with Crippen molar-refractivity contribution >= 4 is 22.0 Å². The molecule has 0 amide bonds. The molecule has 0 spiro atoms. The summed E-state index contributed by atoms with van der Waals surface area (Å²) in [5.74, 6) is 0. The van der Waals surface area contributed by atoms with Crippen LogP contribution in [0.4, 0.5) is 0 Å². The van der Waals surface area contributed by atoms with E-state index in [0.717, 1.165) is 5.56 Å². The lowest BCUT2D eigenvalue weighted by Crippen LogP contribution is -2.05. The van der Waals surface area contributed by atoms with Crippen molar-refractivity contribution in [2.75, 3.05) is 6.26 Å². The summed E-state index contributed by atoms with van der Waals surface area (Å²) in [6.45, 7) is 0. The molecule has 1 aromatic carbocycles. The normalized spacial score (nSPS) is 11.8. The van der Waals surface area contributed by atoms with Crippen molar-refractivity contribution in [2.24, 2.45) is 0 Å². The number of benzene rings is 1. The van der Waals surface area contributed by atoms with Crippen LogP contribution in [0.15, 0.2) is 46.1 Å². The van der Waals surface area contributed by atoms with Gasteiger partial charge in [0.15, 0.2) is 9.84 Å². The maximum Gasteiger partial charge on any atom is 0.264 e. The van der Waals surface area contributed by atoms with E-state index in [0.29, 0.717) is 5.69 Å². The van der Waals surface area contributed by atoms with Gasteiger partial charge in [-0.2, -0.15) is 5.10 Å². The number of sulfone groups is 1. The molecule has 0 aliphatic rings. The minimum absolute atomic E-state index is 0.267. The van der Waals surface area contributed by atoms with Crippen LogP contribution < -0.4 is 5.56 Å². The van der Waals surface area contributed by atoms with Gasteiger partial charge in [0, 0.05) is 12.3 Å². The Balaban J connectivity index is 2.29. The molecule has 2 rings (SSSR count). The fraction of sp³-hybridized carbons (Fsp3) is 0.0769. The van der Waals surface area contributed by atoms with Crippen LogP contribution in [0.5, 0.6) is 0 Å². The van der Waals surface area contributed by atoms with Crippen molar-refractivity contribution in [2.45, 2.75) is 4.90 Å². The second-order valence-electron chi connectivity index (χ2n) is 4.02. The molecule has 2 aromatic rings. The van der Waals surface area contributed by atoms with Crippen molar-refractivity contribution in [1.82, 2.24) is 10.2 Å². The molecule has 0 fully saturated rings. The molecule has 19 heavy (non-hydrogen) atoms. The van der Waals surface area contributed by atoms with Gasteiger partial charge in [-0.15, -0.1) is 0 Å². The van der Waals surface area contributed by atoms with Gasteiger partial charge in [0.1, 0.15) is 0 Å². The number of aromatic nitrogens is 2. The Morgan fingerprint density at radius 1 is 1.16 bits per heavy atom. The second-order valence-corrected chi connectivity index (χ2v) is 6.04. The van der Waals surface area contributed by atoms with Gasteiger partial charge in [-0.3, -0.25) is 4.79 Å². The van der Waals surface area contributed by atoms with Gasteiger partial charge in [-0.25, -0.2) is 13.5 Å². The molecule has 98 valence electrons. The average Bonchev–Trinajstić information content (AvgIpc) is 2.37. The predicted octanol–water partition coefficient (Wildman–Crippen LogP) is 1.34. The van der Waals surface area contributed by atoms with E-state index in [-0.39, 0.29) is 10.5 Å². The topological polar surface area (TPSA) is 79.9 Å². The van der Waals surface area contributed by atoms with Crippen LogP contribution in [0.25, 0.3) is 12.2 Å². The molecular weight excluding hydrogens is 264 g/mol. The zero-order valence-electron chi connectivity index (χ0n) is 10.2. The Hall–Kier alpha value is -2.21. The first-order chi connectivity index (χ1) is 8.95. The summed E-state index contributed by atoms with van der Waals surface area (Å²) in [6.07, 6.45) is 4.59. The Morgan fingerprint density at radius 2 is 1.95 bits per heavy atom. The number of nitrogens with zero attached hydrogens (tertiary/aromatic N) is 1. The molecule has 0 saturated carbocycles. The smallest absolute Gasteiger partial charge is 0.264 e. The van der Waals surface area contributed by atoms with E-state index in [1.54, 1.807) is 42.5 Å². The molecule has 1 N–H and O–H groups in total. The highest BCUT2D eigenvalue weighted by atomic mass is 32.2. The van der Waals surface area contributed by atoms with E-state index in [9.17, 15) is 13.2 Å². The van der Waals surface area contributed by atoms with Crippen molar-refractivity contribution in [3.8, 4) is 0 Å². The van der Waals surface area contributed by atoms with Crippen LogP contribution in [0.3, 0.4) is 0 Å². The van der Waals surface area contributed by atoms with E-state index in [1.165, 1.54) is 12.3 Å². The van der Waals surface area contributed by atoms with Gasteiger partial charge < -0.3 is 0 Å². The zero-order valence-corrected chi connectivity index (χ0v) is 11.0. The average molecular weight is 276 g/mol. The monoisotopic (exact) mass is 276 g/mol. The predicted molar refractivity (Wildman–Crippen MR) is 73.3 cm³/mol. The zero-order chi connectivity index (χ0) is 13.9. The maximum atomic E-state index is 11.4. The number of aromatic amines is 1. The number of nitrogens with one attached hydrogen (secondary N) is 1. The largest absolute Gasteiger partial charge is 0.268 e. The summed E-state index contributed by atoms with van der Waals surface area (Å²) >= 11 is 0. The maximum absolute atomic E-state index is 11.4. The Labute approximate surface area is 110 Å². The first-order valence-electron chi connectivity index (χ1n) is 5.49. The van der Waals surface area contributed by atoms with Crippen molar-refractivity contribution in [1.29, 1.82) is 0 Å². The summed E-state index contributed by atoms with van der Waals surface area (Å²) in [5.41, 5.74) is 1.07. The summed E-state index contributed by atoms with van der Waals surface area (Å²) in [7, 11) is -3.21. The third-order valence-corrected chi connectivity index (χ3v) is 3.54. The molecule has 1 heterocycles. The van der Waals surface area contributed by atoms with Crippen LogP contribution >= 0.6 is 0 Å². The highest BCUT2D eigenvalue weighted by Gasteiger charge is 2.05. The van der Waals surface area contributed by atoms with E-state index < -0.39 is 9.84 Å². The third-order valence-electron chi connectivity index (χ3n) is 2.43. The highest BCUT2D eigenvalue weighted by Crippen LogP contribution is 2.13.